The minimum atomic E-state index is -0.0940. The number of anilines is 1. The molecule has 5 heteroatoms. The van der Waals surface area contributed by atoms with E-state index in [1.807, 2.05) is 0 Å². The highest BCUT2D eigenvalue weighted by atomic mass is 79.9. The number of halogens is 1. The number of hydrogen-bond acceptors (Lipinski definition) is 3. The van der Waals surface area contributed by atoms with Gasteiger partial charge in [-0.15, -0.1) is 0 Å². The Morgan fingerprint density at radius 3 is 2.79 bits per heavy atom. The molecule has 1 unspecified atom stereocenters. The zero-order chi connectivity index (χ0) is 13.8. The number of rotatable bonds is 4. The van der Waals surface area contributed by atoms with Crippen molar-refractivity contribution in [3.8, 4) is 0 Å². The Morgan fingerprint density at radius 1 is 1.47 bits per heavy atom. The summed E-state index contributed by atoms with van der Waals surface area (Å²) in [5, 5.41) is 7.60. The van der Waals surface area contributed by atoms with Crippen molar-refractivity contribution >= 4 is 21.6 Å². The van der Waals surface area contributed by atoms with Gasteiger partial charge in [0.15, 0.2) is 0 Å². The first-order chi connectivity index (χ1) is 9.13. The zero-order valence-electron chi connectivity index (χ0n) is 11.7. The fourth-order valence-electron chi connectivity index (χ4n) is 2.90. The topological polar surface area (TPSA) is 46.9 Å². The van der Waals surface area contributed by atoms with Crippen molar-refractivity contribution in [1.29, 1.82) is 0 Å². The maximum absolute atomic E-state index is 11.8. The van der Waals surface area contributed by atoms with Gasteiger partial charge < -0.3 is 5.32 Å². The van der Waals surface area contributed by atoms with E-state index in [0.717, 1.165) is 18.0 Å². The second kappa shape index (κ2) is 6.55. The smallest absolute Gasteiger partial charge is 0.282 e. The Morgan fingerprint density at radius 2 is 2.16 bits per heavy atom. The highest BCUT2D eigenvalue weighted by Gasteiger charge is 2.23. The summed E-state index contributed by atoms with van der Waals surface area (Å²) in [4.78, 5) is 11.8. The van der Waals surface area contributed by atoms with E-state index in [-0.39, 0.29) is 5.56 Å². The molecule has 1 aliphatic rings. The van der Waals surface area contributed by atoms with Gasteiger partial charge in [-0.25, -0.2) is 4.68 Å². The van der Waals surface area contributed by atoms with Gasteiger partial charge in [0.25, 0.3) is 5.56 Å². The molecule has 4 nitrogen and oxygen atoms in total. The minimum Gasteiger partial charge on any atom is -0.380 e. The van der Waals surface area contributed by atoms with Crippen LogP contribution in [0.1, 0.15) is 45.4 Å². The van der Waals surface area contributed by atoms with Gasteiger partial charge >= 0.3 is 0 Å². The first-order valence-corrected chi connectivity index (χ1v) is 7.91. The molecule has 0 bridgehead atoms. The van der Waals surface area contributed by atoms with Gasteiger partial charge in [-0.3, -0.25) is 4.79 Å². The Bertz CT molecular complexity index is 480. The van der Waals surface area contributed by atoms with E-state index in [4.69, 9.17) is 0 Å². The zero-order valence-corrected chi connectivity index (χ0v) is 13.2. The van der Waals surface area contributed by atoms with Gasteiger partial charge in [0.05, 0.1) is 11.9 Å². The second-order valence-corrected chi connectivity index (χ2v) is 6.15. The standard InChI is InChI=1S/C14H22BrN3O/c1-3-11(10-7-5-4-6-8-10)17-12-9-16-18(2)14(19)13(12)15/h9-11,17H,3-8H2,1-2H3. The molecule has 19 heavy (non-hydrogen) atoms. The monoisotopic (exact) mass is 327 g/mol. The molecule has 106 valence electrons. The highest BCUT2D eigenvalue weighted by molar-refractivity contribution is 9.10. The summed E-state index contributed by atoms with van der Waals surface area (Å²) in [6.45, 7) is 2.20. The lowest BCUT2D eigenvalue weighted by Gasteiger charge is -2.31. The lowest BCUT2D eigenvalue weighted by molar-refractivity contribution is 0.313. The van der Waals surface area contributed by atoms with Crippen molar-refractivity contribution in [1.82, 2.24) is 9.78 Å². The number of nitrogens with zero attached hydrogens (tertiary/aromatic N) is 2. The molecule has 0 amide bonds. The van der Waals surface area contributed by atoms with Gasteiger partial charge in [-0.2, -0.15) is 5.10 Å². The molecule has 1 atom stereocenters. The summed E-state index contributed by atoms with van der Waals surface area (Å²) < 4.78 is 1.93. The van der Waals surface area contributed by atoms with Gasteiger partial charge in [0.1, 0.15) is 4.47 Å². The van der Waals surface area contributed by atoms with E-state index in [9.17, 15) is 4.79 Å². The number of aryl methyl sites for hydroxylation is 1. The fraction of sp³-hybridized carbons (Fsp3) is 0.714. The van der Waals surface area contributed by atoms with Crippen LogP contribution >= 0.6 is 15.9 Å². The maximum Gasteiger partial charge on any atom is 0.282 e. The quantitative estimate of drug-likeness (QED) is 0.922. The largest absolute Gasteiger partial charge is 0.380 e. The predicted molar refractivity (Wildman–Crippen MR) is 81.5 cm³/mol. The SMILES string of the molecule is CCC(Nc1cnn(C)c(=O)c1Br)C1CCCCC1. The molecule has 0 aliphatic heterocycles. The second-order valence-electron chi connectivity index (χ2n) is 5.36. The predicted octanol–water partition coefficient (Wildman–Crippen LogP) is 3.31. The summed E-state index contributed by atoms with van der Waals surface area (Å²) >= 11 is 3.38. The average molecular weight is 328 g/mol. The van der Waals surface area contributed by atoms with Gasteiger partial charge in [-0.1, -0.05) is 26.2 Å². The van der Waals surface area contributed by atoms with E-state index in [0.29, 0.717) is 10.5 Å². The molecule has 1 saturated carbocycles. The van der Waals surface area contributed by atoms with Crippen LogP contribution in [0.5, 0.6) is 0 Å². The number of nitrogens with one attached hydrogen (secondary N) is 1. The van der Waals surface area contributed by atoms with Gasteiger partial charge in [0, 0.05) is 13.1 Å². The lowest BCUT2D eigenvalue weighted by Crippen LogP contribution is -2.31. The number of aromatic nitrogens is 2. The lowest BCUT2D eigenvalue weighted by atomic mass is 9.83. The van der Waals surface area contributed by atoms with Crippen molar-refractivity contribution in [2.24, 2.45) is 13.0 Å². The molecule has 2 rings (SSSR count). The van der Waals surface area contributed by atoms with Crippen molar-refractivity contribution in [2.75, 3.05) is 5.32 Å². The molecule has 1 heterocycles. The number of hydrogen-bond donors (Lipinski definition) is 1. The highest BCUT2D eigenvalue weighted by Crippen LogP contribution is 2.30. The fourth-order valence-corrected chi connectivity index (χ4v) is 3.37. The molecule has 1 aromatic heterocycles. The Hall–Kier alpha value is -0.840. The molecule has 1 N–H and O–H groups in total. The molecule has 1 fully saturated rings. The third kappa shape index (κ3) is 3.38. The van der Waals surface area contributed by atoms with E-state index in [2.05, 4.69) is 33.3 Å². The summed E-state index contributed by atoms with van der Waals surface area (Å²) in [6, 6.07) is 0.436. The third-order valence-electron chi connectivity index (χ3n) is 4.08. The first-order valence-electron chi connectivity index (χ1n) is 7.11. The van der Waals surface area contributed by atoms with Crippen LogP contribution in [-0.2, 0) is 7.05 Å². The Kier molecular flexibility index (Phi) is 5.02. The molecule has 0 radical (unpaired) electrons. The first kappa shape index (κ1) is 14.6. The average Bonchev–Trinajstić information content (AvgIpc) is 2.45. The molecular formula is C14H22BrN3O. The van der Waals surface area contributed by atoms with Crippen LogP contribution in [0, 0.1) is 5.92 Å². The molecule has 1 aromatic rings. The van der Waals surface area contributed by atoms with Crippen molar-refractivity contribution < 1.29 is 0 Å². The van der Waals surface area contributed by atoms with Gasteiger partial charge in [-0.05, 0) is 41.1 Å². The Balaban J connectivity index is 2.14. The van der Waals surface area contributed by atoms with Gasteiger partial charge in [0.2, 0.25) is 0 Å². The van der Waals surface area contributed by atoms with Crippen LogP contribution in [0.4, 0.5) is 5.69 Å². The normalized spacial score (nSPS) is 18.3. The van der Waals surface area contributed by atoms with Crippen molar-refractivity contribution in [3.05, 3.63) is 21.0 Å². The Labute approximate surface area is 122 Å². The molecule has 1 aliphatic carbocycles. The molecule has 0 aromatic carbocycles. The maximum atomic E-state index is 11.8. The van der Waals surface area contributed by atoms with Crippen LogP contribution in [0.2, 0.25) is 0 Å². The van der Waals surface area contributed by atoms with E-state index >= 15 is 0 Å². The van der Waals surface area contributed by atoms with Crippen LogP contribution in [0.15, 0.2) is 15.5 Å². The molecule has 0 saturated heterocycles. The van der Waals surface area contributed by atoms with Crippen LogP contribution in [-0.4, -0.2) is 15.8 Å². The van der Waals surface area contributed by atoms with Crippen LogP contribution < -0.4 is 10.9 Å². The third-order valence-corrected chi connectivity index (χ3v) is 4.84. The summed E-state index contributed by atoms with van der Waals surface area (Å²) in [6.07, 6.45) is 9.42. The van der Waals surface area contributed by atoms with Crippen LogP contribution in [0.25, 0.3) is 0 Å². The molecular weight excluding hydrogens is 306 g/mol. The minimum absolute atomic E-state index is 0.0940. The van der Waals surface area contributed by atoms with Crippen molar-refractivity contribution in [2.45, 2.75) is 51.5 Å². The van der Waals surface area contributed by atoms with E-state index in [1.165, 1.54) is 36.8 Å². The van der Waals surface area contributed by atoms with Crippen molar-refractivity contribution in [3.63, 3.8) is 0 Å². The summed E-state index contributed by atoms with van der Waals surface area (Å²) in [5.74, 6) is 0.717. The van der Waals surface area contributed by atoms with E-state index < -0.39 is 0 Å². The summed E-state index contributed by atoms with van der Waals surface area (Å²) in [7, 11) is 1.66. The molecule has 0 spiro atoms. The summed E-state index contributed by atoms with van der Waals surface area (Å²) in [5.41, 5.74) is 0.726. The van der Waals surface area contributed by atoms with Crippen LogP contribution in [0.3, 0.4) is 0 Å². The van der Waals surface area contributed by atoms with E-state index in [1.54, 1.807) is 13.2 Å².